The molecule has 0 bridgehead atoms. The summed E-state index contributed by atoms with van der Waals surface area (Å²) in [6.07, 6.45) is 16.2. The SMILES string of the molecule is CC#C[C@]1(O)CCC2C3CC=C4CC(=O)CCC4=C3[C@@H](c3ccc(N(C)CCO[C@H]4CC[C@@]5(C)[C@@H](C4)C[C@@H](OC(=O)CCCCN)[C@@H]4[C@@H]5C[C@H](O)[C@]5(C)[C@@H]([C@H](C)CCC(=O)O)CC[C@@H]45)cc3)C[C@@]21C. The van der Waals surface area contributed by atoms with Crippen LogP contribution < -0.4 is 10.6 Å². The number of carbonyl (C=O) groups excluding carboxylic acids is 2. The highest BCUT2D eigenvalue weighted by Crippen LogP contribution is 2.70. The highest BCUT2D eigenvalue weighted by atomic mass is 16.5. The van der Waals surface area contributed by atoms with E-state index >= 15 is 0 Å². The van der Waals surface area contributed by atoms with Crippen molar-refractivity contribution >= 4 is 23.4 Å². The van der Waals surface area contributed by atoms with Crippen molar-refractivity contribution in [3.8, 4) is 11.8 Å². The molecule has 69 heavy (non-hydrogen) atoms. The Kier molecular flexibility index (Phi) is 14.5. The van der Waals surface area contributed by atoms with Gasteiger partial charge in [0.05, 0.1) is 18.8 Å². The number of aliphatic hydroxyl groups is 2. The number of ether oxygens (including phenoxy) is 2. The van der Waals surface area contributed by atoms with Gasteiger partial charge in [-0.2, -0.15) is 0 Å². The lowest BCUT2D eigenvalue weighted by atomic mass is 9.43. The molecule has 7 saturated carbocycles. The minimum Gasteiger partial charge on any atom is -0.481 e. The number of rotatable bonds is 15. The fourth-order valence-electron chi connectivity index (χ4n) is 17.3. The summed E-state index contributed by atoms with van der Waals surface area (Å²) < 4.78 is 13.4. The number of ketones is 1. The van der Waals surface area contributed by atoms with E-state index in [4.69, 9.17) is 15.2 Å². The Morgan fingerprint density at radius 1 is 0.971 bits per heavy atom. The maximum Gasteiger partial charge on any atom is 0.306 e. The van der Waals surface area contributed by atoms with E-state index in [0.717, 1.165) is 89.3 Å². The maximum absolute atomic E-state index is 13.5. The van der Waals surface area contributed by atoms with Gasteiger partial charge in [-0.15, -0.1) is 5.92 Å². The number of hydrogen-bond donors (Lipinski definition) is 4. The normalized spacial score (nSPS) is 40.4. The molecule has 1 aromatic rings. The third-order valence-electron chi connectivity index (χ3n) is 21.1. The number of carboxylic acids is 1. The van der Waals surface area contributed by atoms with Crippen LogP contribution in [0.4, 0.5) is 5.69 Å². The Morgan fingerprint density at radius 2 is 1.75 bits per heavy atom. The van der Waals surface area contributed by atoms with E-state index < -0.39 is 17.7 Å². The first kappa shape index (κ1) is 50.5. The number of carboxylic acid groups (broad SMARTS) is 1. The van der Waals surface area contributed by atoms with Crippen molar-refractivity contribution in [1.29, 1.82) is 0 Å². The van der Waals surface area contributed by atoms with E-state index in [9.17, 15) is 29.7 Å². The Hall–Kier alpha value is -3.49. The van der Waals surface area contributed by atoms with Crippen LogP contribution in [0.25, 0.3) is 0 Å². The van der Waals surface area contributed by atoms with Crippen LogP contribution >= 0.6 is 0 Å². The number of fused-ring (bicyclic) bond motifs is 9. The van der Waals surface area contributed by atoms with E-state index in [0.29, 0.717) is 75.2 Å². The van der Waals surface area contributed by atoms with Crippen LogP contribution in [0, 0.1) is 75.4 Å². The number of hydrogen-bond acceptors (Lipinski definition) is 9. The second-order valence-electron chi connectivity index (χ2n) is 24.3. The Labute approximate surface area is 413 Å². The molecule has 378 valence electrons. The fraction of sp³-hybridized carbons (Fsp3) is 0.746. The molecule has 0 amide bonds. The number of likely N-dealkylation sites (N-methyl/N-ethyl adjacent to an activating group) is 1. The summed E-state index contributed by atoms with van der Waals surface area (Å²) in [5.41, 5.74) is 10.7. The smallest absolute Gasteiger partial charge is 0.306 e. The molecule has 0 saturated heterocycles. The van der Waals surface area contributed by atoms with Crippen molar-refractivity contribution in [2.75, 3.05) is 31.6 Å². The summed E-state index contributed by atoms with van der Waals surface area (Å²) in [5, 5.41) is 33.9. The summed E-state index contributed by atoms with van der Waals surface area (Å²) in [6, 6.07) is 9.09. The standard InChI is InChI=1S/C59H84N2O8/c1-7-25-59(67)27-24-47-44-18-14-38-31-41(62)17-19-43(38)54(44)45(35-57(47,59)4)37-12-15-40(16-13-37)61(6)29-30-68-42-23-26-56(3)39(32-42)33-50(69-53(66)10-8-9-28-60)55-48-21-20-46(36(2)11-22-52(64)65)58(48,5)51(63)34-49(55)56/h12-16,36,39,42,44-51,55,63,67H,8-11,17-24,26-35,60H2,1-6H3,(H,64,65)/t36-,39+,42+,44?,45-,46-,47?,48+,49+,50-,51+,55+,56+,57+,58-,59+/m1/s1. The number of nitrogens with two attached hydrogens (primary N) is 1. The highest BCUT2D eigenvalue weighted by Gasteiger charge is 2.67. The first-order valence-corrected chi connectivity index (χ1v) is 27.3. The number of unbranched alkanes of at least 4 members (excludes halogenated alkanes) is 1. The predicted octanol–water partition coefficient (Wildman–Crippen LogP) is 9.94. The first-order valence-electron chi connectivity index (χ1n) is 27.3. The number of esters is 1. The second kappa shape index (κ2) is 19.8. The van der Waals surface area contributed by atoms with Crippen LogP contribution in [0.3, 0.4) is 0 Å². The molecule has 7 fully saturated rings. The van der Waals surface area contributed by atoms with Gasteiger partial charge in [0.1, 0.15) is 17.5 Å². The second-order valence-corrected chi connectivity index (χ2v) is 24.3. The van der Waals surface area contributed by atoms with Crippen molar-refractivity contribution in [1.82, 2.24) is 0 Å². The first-order chi connectivity index (χ1) is 32.9. The number of nitrogens with zero attached hydrogens (tertiary/aromatic N) is 1. The van der Waals surface area contributed by atoms with Crippen molar-refractivity contribution in [2.24, 2.45) is 69.3 Å². The van der Waals surface area contributed by atoms with Crippen LogP contribution in [0.1, 0.15) is 168 Å². The quantitative estimate of drug-likeness (QED) is 0.0758. The van der Waals surface area contributed by atoms with Gasteiger partial charge in [0.2, 0.25) is 0 Å². The molecule has 16 atom stereocenters. The third kappa shape index (κ3) is 8.98. The molecule has 8 aliphatic rings. The summed E-state index contributed by atoms with van der Waals surface area (Å²) in [7, 11) is 2.14. The van der Waals surface area contributed by atoms with E-state index in [-0.39, 0.29) is 76.4 Å². The van der Waals surface area contributed by atoms with Gasteiger partial charge in [-0.3, -0.25) is 14.4 Å². The lowest BCUT2D eigenvalue weighted by Crippen LogP contribution is -2.63. The van der Waals surface area contributed by atoms with Crippen molar-refractivity contribution in [3.63, 3.8) is 0 Å². The number of carbonyl (C=O) groups is 3. The largest absolute Gasteiger partial charge is 0.481 e. The number of Topliss-reactive ketones (excluding diaryl/α,β-unsaturated/α-hetero) is 1. The lowest BCUT2D eigenvalue weighted by Gasteiger charge is -2.64. The van der Waals surface area contributed by atoms with Gasteiger partial charge in [-0.1, -0.05) is 57.4 Å². The van der Waals surface area contributed by atoms with Crippen LogP contribution in [0.5, 0.6) is 0 Å². The zero-order chi connectivity index (χ0) is 49.0. The van der Waals surface area contributed by atoms with Crippen molar-refractivity contribution in [3.05, 3.63) is 52.6 Å². The van der Waals surface area contributed by atoms with E-state index in [2.05, 4.69) is 81.8 Å². The molecule has 0 heterocycles. The fourth-order valence-corrected chi connectivity index (χ4v) is 17.3. The van der Waals surface area contributed by atoms with Crippen LogP contribution in [-0.4, -0.2) is 83.7 Å². The summed E-state index contributed by atoms with van der Waals surface area (Å²) in [4.78, 5) is 40.0. The van der Waals surface area contributed by atoms with E-state index in [1.807, 2.05) is 6.92 Å². The van der Waals surface area contributed by atoms with Crippen molar-refractivity contribution < 1.29 is 39.2 Å². The molecule has 0 aromatic heterocycles. The molecular weight excluding hydrogens is 865 g/mol. The molecule has 0 radical (unpaired) electrons. The third-order valence-corrected chi connectivity index (χ3v) is 21.1. The van der Waals surface area contributed by atoms with Crippen LogP contribution in [0.2, 0.25) is 0 Å². The maximum atomic E-state index is 13.5. The predicted molar refractivity (Wildman–Crippen MR) is 269 cm³/mol. The summed E-state index contributed by atoms with van der Waals surface area (Å²) >= 11 is 0. The number of aliphatic hydroxyl groups excluding tert-OH is 1. The van der Waals surface area contributed by atoms with Gasteiger partial charge in [0, 0.05) is 62.2 Å². The van der Waals surface area contributed by atoms with Gasteiger partial charge in [0.15, 0.2) is 0 Å². The Morgan fingerprint density at radius 3 is 2.49 bits per heavy atom. The van der Waals surface area contributed by atoms with Crippen LogP contribution in [0.15, 0.2) is 47.1 Å². The molecule has 10 nitrogen and oxygen atoms in total. The molecular formula is C59H84N2O8. The molecule has 0 spiro atoms. The summed E-state index contributed by atoms with van der Waals surface area (Å²) in [5.74, 6) is 8.01. The molecule has 5 N–H and O–H groups in total. The van der Waals surface area contributed by atoms with Crippen molar-refractivity contribution in [2.45, 2.75) is 186 Å². The molecule has 10 heteroatoms. The molecule has 9 rings (SSSR count). The Balaban J connectivity index is 0.871. The Bertz CT molecular complexity index is 2230. The van der Waals surface area contributed by atoms with E-state index in [1.165, 1.54) is 22.3 Å². The van der Waals surface area contributed by atoms with Gasteiger partial charge in [-0.25, -0.2) is 0 Å². The number of allylic oxidation sites excluding steroid dienone is 4. The van der Waals surface area contributed by atoms with Gasteiger partial charge >= 0.3 is 11.9 Å². The number of aliphatic carboxylic acids is 1. The average molecular weight is 949 g/mol. The van der Waals surface area contributed by atoms with E-state index in [1.54, 1.807) is 0 Å². The summed E-state index contributed by atoms with van der Waals surface area (Å²) in [6.45, 7) is 12.9. The molecule has 1 aromatic carbocycles. The minimum absolute atomic E-state index is 0.00194. The number of benzene rings is 1. The minimum atomic E-state index is -1.01. The monoisotopic (exact) mass is 949 g/mol. The van der Waals surface area contributed by atoms with Gasteiger partial charge in [-0.05, 0) is 191 Å². The zero-order valence-electron chi connectivity index (χ0n) is 42.8. The molecule has 8 aliphatic carbocycles. The topological polar surface area (TPSA) is 160 Å². The molecule has 0 aliphatic heterocycles. The highest BCUT2D eigenvalue weighted by molar-refractivity contribution is 5.84. The lowest BCUT2D eigenvalue weighted by molar-refractivity contribution is -0.219. The van der Waals surface area contributed by atoms with Gasteiger partial charge in [0.25, 0.3) is 0 Å². The zero-order valence-corrected chi connectivity index (χ0v) is 42.8. The average Bonchev–Trinajstić information content (AvgIpc) is 3.81. The number of anilines is 1. The van der Waals surface area contributed by atoms with Crippen LogP contribution in [-0.2, 0) is 23.9 Å². The van der Waals surface area contributed by atoms with Gasteiger partial charge < -0.3 is 35.4 Å². The molecule has 2 unspecified atom stereocenters.